The summed E-state index contributed by atoms with van der Waals surface area (Å²) in [5.74, 6) is -0.689. The molecular weight excluding hydrogens is 368 g/mol. The Morgan fingerprint density at radius 1 is 1.14 bits per heavy atom. The van der Waals surface area contributed by atoms with E-state index in [0.717, 1.165) is 23.3 Å². The van der Waals surface area contributed by atoms with Gasteiger partial charge in [-0.2, -0.15) is 0 Å². The predicted octanol–water partition coefficient (Wildman–Crippen LogP) is 4.01. The van der Waals surface area contributed by atoms with Crippen molar-refractivity contribution in [1.82, 2.24) is 9.88 Å². The molecule has 1 aromatic carbocycles. The van der Waals surface area contributed by atoms with Crippen LogP contribution in [0.15, 0.2) is 48.3 Å². The zero-order valence-corrected chi connectivity index (χ0v) is 17.0. The molecule has 0 spiro atoms. The van der Waals surface area contributed by atoms with Gasteiger partial charge in [0.25, 0.3) is 11.7 Å². The summed E-state index contributed by atoms with van der Waals surface area (Å²) in [4.78, 5) is 31.0. The van der Waals surface area contributed by atoms with Crippen LogP contribution >= 0.6 is 0 Å². The van der Waals surface area contributed by atoms with Gasteiger partial charge in [-0.1, -0.05) is 13.8 Å². The average Bonchev–Trinajstić information content (AvgIpc) is 2.98. The molecule has 1 amide bonds. The van der Waals surface area contributed by atoms with Crippen molar-refractivity contribution in [3.05, 3.63) is 65.0 Å². The van der Waals surface area contributed by atoms with Gasteiger partial charge < -0.3 is 14.7 Å². The summed E-state index contributed by atoms with van der Waals surface area (Å²) in [6.07, 6.45) is 4.84. The lowest BCUT2D eigenvalue weighted by Gasteiger charge is -2.24. The van der Waals surface area contributed by atoms with Crippen LogP contribution in [-0.4, -0.2) is 39.8 Å². The van der Waals surface area contributed by atoms with Crippen LogP contribution < -0.4 is 4.74 Å². The third-order valence-electron chi connectivity index (χ3n) is 4.94. The molecule has 1 unspecified atom stereocenters. The standard InChI is InChI=1S/C23H26N2O4/c1-4-12-25-20(16-8-10-24-11-9-16)19(22(27)23(25)28)21(26)17-6-7-18(15(3)14-17)29-13-5-2/h6-11,14,20,26H,4-5,12-13H2,1-3H3/b21-19-. The Kier molecular flexibility index (Phi) is 6.32. The average molecular weight is 394 g/mol. The van der Waals surface area contributed by atoms with Gasteiger partial charge in [0.1, 0.15) is 11.5 Å². The number of benzene rings is 1. The summed E-state index contributed by atoms with van der Waals surface area (Å²) in [5.41, 5.74) is 2.19. The molecule has 6 nitrogen and oxygen atoms in total. The molecule has 2 aromatic rings. The SMILES string of the molecule is CCCOc1ccc(/C(O)=C2/C(=O)C(=O)N(CCC)C2c2ccncc2)cc1C. The van der Waals surface area contributed by atoms with Gasteiger partial charge in [0.05, 0.1) is 18.2 Å². The Morgan fingerprint density at radius 3 is 2.48 bits per heavy atom. The van der Waals surface area contributed by atoms with Gasteiger partial charge in [0.2, 0.25) is 0 Å². The van der Waals surface area contributed by atoms with Gasteiger partial charge in [-0.15, -0.1) is 0 Å². The first-order chi connectivity index (χ1) is 14.0. The first kappa shape index (κ1) is 20.6. The zero-order chi connectivity index (χ0) is 21.0. The minimum atomic E-state index is -0.665. The molecule has 152 valence electrons. The highest BCUT2D eigenvalue weighted by Crippen LogP contribution is 2.39. The molecule has 1 atom stereocenters. The fourth-order valence-corrected chi connectivity index (χ4v) is 3.57. The molecular formula is C23H26N2O4. The third kappa shape index (κ3) is 4.01. The van der Waals surface area contributed by atoms with Crippen molar-refractivity contribution in [3.8, 4) is 5.75 Å². The number of rotatable bonds is 7. The highest BCUT2D eigenvalue weighted by atomic mass is 16.5. The molecule has 29 heavy (non-hydrogen) atoms. The number of aliphatic hydroxyl groups excluding tert-OH is 1. The molecule has 0 saturated carbocycles. The molecule has 1 aromatic heterocycles. The Bertz CT molecular complexity index is 937. The highest BCUT2D eigenvalue weighted by Gasteiger charge is 2.45. The fourth-order valence-electron chi connectivity index (χ4n) is 3.57. The maximum atomic E-state index is 12.8. The normalized spacial score (nSPS) is 18.3. The molecule has 3 rings (SSSR count). The number of carbonyl (C=O) groups excluding carboxylic acids is 2. The van der Waals surface area contributed by atoms with Crippen LogP contribution in [0.5, 0.6) is 5.75 Å². The van der Waals surface area contributed by atoms with Crippen LogP contribution in [0, 0.1) is 6.92 Å². The van der Waals surface area contributed by atoms with Gasteiger partial charge in [0, 0.05) is 24.5 Å². The van der Waals surface area contributed by atoms with Gasteiger partial charge in [-0.3, -0.25) is 14.6 Å². The van der Waals surface area contributed by atoms with Crippen molar-refractivity contribution in [2.24, 2.45) is 0 Å². The van der Waals surface area contributed by atoms with E-state index in [0.29, 0.717) is 25.1 Å². The monoisotopic (exact) mass is 394 g/mol. The molecule has 1 aliphatic rings. The first-order valence-electron chi connectivity index (χ1n) is 9.91. The van der Waals surface area contributed by atoms with E-state index in [2.05, 4.69) is 4.98 Å². The Labute approximate surface area is 170 Å². The van der Waals surface area contributed by atoms with Crippen molar-refractivity contribution in [2.45, 2.75) is 39.7 Å². The lowest BCUT2D eigenvalue weighted by atomic mass is 9.95. The van der Waals surface area contributed by atoms with Crippen LogP contribution in [-0.2, 0) is 9.59 Å². The van der Waals surface area contributed by atoms with Gasteiger partial charge in [0.15, 0.2) is 0 Å². The van der Waals surface area contributed by atoms with E-state index in [4.69, 9.17) is 4.74 Å². The summed E-state index contributed by atoms with van der Waals surface area (Å²) in [7, 11) is 0. The van der Waals surface area contributed by atoms with Gasteiger partial charge in [-0.25, -0.2) is 0 Å². The van der Waals surface area contributed by atoms with Crippen molar-refractivity contribution < 1.29 is 19.4 Å². The Balaban J connectivity index is 2.09. The number of Topliss-reactive ketones (excluding diaryl/α,β-unsaturated/α-hetero) is 1. The molecule has 0 radical (unpaired) electrons. The number of nitrogens with zero attached hydrogens (tertiary/aromatic N) is 2. The van der Waals surface area contributed by atoms with Crippen LogP contribution in [0.3, 0.4) is 0 Å². The molecule has 1 fully saturated rings. The van der Waals surface area contributed by atoms with Crippen LogP contribution in [0.4, 0.5) is 0 Å². The second-order valence-electron chi connectivity index (χ2n) is 7.10. The number of likely N-dealkylation sites (tertiary alicyclic amines) is 1. The number of hydrogen-bond donors (Lipinski definition) is 1. The lowest BCUT2D eigenvalue weighted by Crippen LogP contribution is -2.30. The minimum absolute atomic E-state index is 0.108. The van der Waals surface area contributed by atoms with Gasteiger partial charge in [-0.05, 0) is 61.2 Å². The molecule has 6 heteroatoms. The second-order valence-corrected chi connectivity index (χ2v) is 7.10. The van der Waals surface area contributed by atoms with Crippen LogP contribution in [0.25, 0.3) is 5.76 Å². The van der Waals surface area contributed by atoms with E-state index in [9.17, 15) is 14.7 Å². The Morgan fingerprint density at radius 2 is 1.86 bits per heavy atom. The zero-order valence-electron chi connectivity index (χ0n) is 17.0. The fraction of sp³-hybridized carbons (Fsp3) is 0.348. The number of ketones is 1. The van der Waals surface area contributed by atoms with Crippen LogP contribution in [0.1, 0.15) is 49.4 Å². The number of hydrogen-bond acceptors (Lipinski definition) is 5. The summed E-state index contributed by atoms with van der Waals surface area (Å²) in [5, 5.41) is 11.0. The van der Waals surface area contributed by atoms with Crippen molar-refractivity contribution in [2.75, 3.05) is 13.2 Å². The minimum Gasteiger partial charge on any atom is -0.507 e. The summed E-state index contributed by atoms with van der Waals surface area (Å²) >= 11 is 0. The van der Waals surface area contributed by atoms with Crippen molar-refractivity contribution in [3.63, 3.8) is 0 Å². The number of carbonyl (C=O) groups is 2. The quantitative estimate of drug-likeness (QED) is 0.436. The summed E-state index contributed by atoms with van der Waals surface area (Å²) in [6.45, 7) is 6.90. The third-order valence-corrected chi connectivity index (χ3v) is 4.94. The highest BCUT2D eigenvalue weighted by molar-refractivity contribution is 6.46. The Hall–Kier alpha value is -3.15. The maximum absolute atomic E-state index is 12.8. The smallest absolute Gasteiger partial charge is 0.295 e. The van der Waals surface area contributed by atoms with E-state index in [1.807, 2.05) is 20.8 Å². The van der Waals surface area contributed by atoms with Crippen molar-refractivity contribution in [1.29, 1.82) is 0 Å². The predicted molar refractivity (Wildman–Crippen MR) is 111 cm³/mol. The van der Waals surface area contributed by atoms with E-state index in [-0.39, 0.29) is 11.3 Å². The molecule has 1 aliphatic heterocycles. The topological polar surface area (TPSA) is 79.7 Å². The largest absolute Gasteiger partial charge is 0.507 e. The molecule has 1 N–H and O–H groups in total. The first-order valence-corrected chi connectivity index (χ1v) is 9.91. The number of pyridine rings is 1. The lowest BCUT2D eigenvalue weighted by molar-refractivity contribution is -0.139. The van der Waals surface area contributed by atoms with E-state index in [1.165, 1.54) is 4.90 Å². The second kappa shape index (κ2) is 8.90. The number of amides is 1. The number of aromatic nitrogens is 1. The molecule has 2 heterocycles. The molecule has 0 aliphatic carbocycles. The summed E-state index contributed by atoms with van der Waals surface area (Å²) in [6, 6.07) is 8.17. The molecule has 0 bridgehead atoms. The van der Waals surface area contributed by atoms with Gasteiger partial charge >= 0.3 is 0 Å². The van der Waals surface area contributed by atoms with E-state index < -0.39 is 17.7 Å². The number of ether oxygens (including phenoxy) is 1. The van der Waals surface area contributed by atoms with E-state index in [1.54, 1.807) is 42.7 Å². The summed E-state index contributed by atoms with van der Waals surface area (Å²) < 4.78 is 5.69. The van der Waals surface area contributed by atoms with E-state index >= 15 is 0 Å². The number of aryl methyl sites for hydroxylation is 1. The number of aliphatic hydroxyl groups is 1. The van der Waals surface area contributed by atoms with Crippen LogP contribution in [0.2, 0.25) is 0 Å². The van der Waals surface area contributed by atoms with Crippen molar-refractivity contribution >= 4 is 17.4 Å². The molecule has 1 saturated heterocycles. The maximum Gasteiger partial charge on any atom is 0.295 e.